The normalized spacial score (nSPS) is 21.4. The lowest BCUT2D eigenvalue weighted by Gasteiger charge is -2.36. The number of carbonyl (C=O) groups is 1. The Morgan fingerprint density at radius 2 is 1.87 bits per heavy atom. The van der Waals surface area contributed by atoms with Crippen molar-refractivity contribution < 1.29 is 13.2 Å². The number of hydrogen-bond donors (Lipinski definition) is 1. The van der Waals surface area contributed by atoms with Crippen LogP contribution in [-0.4, -0.2) is 43.7 Å². The first-order valence-corrected chi connectivity index (χ1v) is 12.0. The van der Waals surface area contributed by atoms with Crippen molar-refractivity contribution >= 4 is 21.8 Å². The zero-order valence-corrected chi connectivity index (χ0v) is 18.2. The van der Waals surface area contributed by atoms with Crippen molar-refractivity contribution in [3.63, 3.8) is 0 Å². The molecule has 6 nitrogen and oxygen atoms in total. The van der Waals surface area contributed by atoms with Gasteiger partial charge in [0.1, 0.15) is 11.9 Å². The van der Waals surface area contributed by atoms with Crippen molar-refractivity contribution in [2.45, 2.75) is 56.5 Å². The van der Waals surface area contributed by atoms with E-state index in [9.17, 15) is 13.2 Å². The molecule has 0 bridgehead atoms. The molecule has 1 heterocycles. The number of fused-ring (bicyclic) bond motifs is 2. The van der Waals surface area contributed by atoms with Crippen LogP contribution in [0.2, 0.25) is 0 Å². The Hall–Kier alpha value is -2.67. The highest BCUT2D eigenvalue weighted by atomic mass is 32.2. The number of amides is 1. The van der Waals surface area contributed by atoms with E-state index in [0.29, 0.717) is 12.1 Å². The van der Waals surface area contributed by atoms with E-state index in [1.165, 1.54) is 11.1 Å². The SMILES string of the molecule is CCCN(C(=O)[C@H](C)N=C1NS(=O)(=O)c2ccccc21)C1CCc2ccccc2C1. The van der Waals surface area contributed by atoms with Gasteiger partial charge in [0.25, 0.3) is 10.0 Å². The van der Waals surface area contributed by atoms with Crippen LogP contribution >= 0.6 is 0 Å². The third kappa shape index (κ3) is 3.86. The van der Waals surface area contributed by atoms with E-state index in [1.54, 1.807) is 31.2 Å². The zero-order valence-electron chi connectivity index (χ0n) is 17.3. The summed E-state index contributed by atoms with van der Waals surface area (Å²) in [6.45, 7) is 4.47. The summed E-state index contributed by atoms with van der Waals surface area (Å²) in [5.41, 5.74) is 3.19. The van der Waals surface area contributed by atoms with Crippen LogP contribution in [0.4, 0.5) is 0 Å². The Labute approximate surface area is 178 Å². The summed E-state index contributed by atoms with van der Waals surface area (Å²) in [6.07, 6.45) is 3.61. The monoisotopic (exact) mass is 425 g/mol. The highest BCUT2D eigenvalue weighted by molar-refractivity contribution is 7.90. The maximum atomic E-state index is 13.3. The van der Waals surface area contributed by atoms with Crippen LogP contribution in [0.25, 0.3) is 0 Å². The molecule has 7 heteroatoms. The molecule has 4 rings (SSSR count). The second kappa shape index (κ2) is 8.22. The maximum absolute atomic E-state index is 13.3. The Bertz CT molecular complexity index is 1090. The van der Waals surface area contributed by atoms with E-state index in [0.717, 1.165) is 25.7 Å². The number of aryl methyl sites for hydroxylation is 1. The number of sulfonamides is 1. The third-order valence-corrected chi connectivity index (χ3v) is 7.25. The number of hydrogen-bond acceptors (Lipinski definition) is 4. The molecule has 1 N–H and O–H groups in total. The number of amidine groups is 1. The molecule has 0 spiro atoms. The number of carbonyl (C=O) groups excluding carboxylic acids is 1. The van der Waals surface area contributed by atoms with Crippen molar-refractivity contribution in [3.05, 3.63) is 65.2 Å². The summed E-state index contributed by atoms with van der Waals surface area (Å²) in [5.74, 6) is 0.189. The van der Waals surface area contributed by atoms with Gasteiger partial charge in [-0.15, -0.1) is 0 Å². The van der Waals surface area contributed by atoms with E-state index in [2.05, 4.69) is 34.8 Å². The first-order chi connectivity index (χ1) is 14.4. The fourth-order valence-electron chi connectivity index (χ4n) is 4.38. The molecule has 30 heavy (non-hydrogen) atoms. The fraction of sp³-hybridized carbons (Fsp3) is 0.391. The van der Waals surface area contributed by atoms with Crippen molar-refractivity contribution in [1.29, 1.82) is 0 Å². The summed E-state index contributed by atoms with van der Waals surface area (Å²) < 4.78 is 27.2. The number of nitrogens with zero attached hydrogens (tertiary/aromatic N) is 2. The molecule has 0 saturated heterocycles. The topological polar surface area (TPSA) is 78.8 Å². The summed E-state index contributed by atoms with van der Waals surface area (Å²) >= 11 is 0. The molecule has 2 aromatic carbocycles. The minimum absolute atomic E-state index is 0.0580. The highest BCUT2D eigenvalue weighted by Gasteiger charge is 2.33. The second-order valence-corrected chi connectivity index (χ2v) is 9.60. The number of nitrogens with one attached hydrogen (secondary N) is 1. The molecule has 2 aliphatic rings. The molecule has 1 amide bonds. The van der Waals surface area contributed by atoms with Crippen molar-refractivity contribution in [1.82, 2.24) is 9.62 Å². The standard InChI is InChI=1S/C23H27N3O3S/c1-3-14-26(19-13-12-17-8-4-5-9-18(17)15-19)23(27)16(2)24-22-20-10-6-7-11-21(20)30(28,29)25-22/h4-11,16,19H,3,12-15H2,1-2H3,(H,24,25)/t16-,19?/m0/s1. The van der Waals surface area contributed by atoms with E-state index >= 15 is 0 Å². The number of aliphatic imine (C=N–C) groups is 1. The Balaban J connectivity index is 1.57. The van der Waals surface area contributed by atoms with Gasteiger partial charge in [0.2, 0.25) is 5.91 Å². The van der Waals surface area contributed by atoms with Gasteiger partial charge in [-0.1, -0.05) is 43.3 Å². The van der Waals surface area contributed by atoms with Crippen LogP contribution in [0.5, 0.6) is 0 Å². The van der Waals surface area contributed by atoms with E-state index in [1.807, 2.05) is 11.0 Å². The van der Waals surface area contributed by atoms with Crippen LogP contribution in [0.1, 0.15) is 43.4 Å². The molecule has 0 fully saturated rings. The van der Waals surface area contributed by atoms with Gasteiger partial charge < -0.3 is 4.90 Å². The van der Waals surface area contributed by atoms with Gasteiger partial charge >= 0.3 is 0 Å². The van der Waals surface area contributed by atoms with Gasteiger partial charge in [-0.3, -0.25) is 14.5 Å². The molecule has 0 radical (unpaired) electrons. The second-order valence-electron chi connectivity index (χ2n) is 7.95. The van der Waals surface area contributed by atoms with E-state index < -0.39 is 16.1 Å². The minimum atomic E-state index is -3.62. The Kier molecular flexibility index (Phi) is 5.64. The number of benzene rings is 2. The summed E-state index contributed by atoms with van der Waals surface area (Å²) in [4.78, 5) is 20.0. The van der Waals surface area contributed by atoms with Crippen LogP contribution in [-0.2, 0) is 27.7 Å². The van der Waals surface area contributed by atoms with Gasteiger partial charge in [0.05, 0.1) is 4.90 Å². The van der Waals surface area contributed by atoms with E-state index in [4.69, 9.17) is 0 Å². The predicted octanol–water partition coefficient (Wildman–Crippen LogP) is 2.91. The average Bonchev–Trinajstić information content (AvgIpc) is 3.01. The average molecular weight is 426 g/mol. The van der Waals surface area contributed by atoms with Crippen LogP contribution < -0.4 is 4.72 Å². The summed E-state index contributed by atoms with van der Waals surface area (Å²) in [6, 6.07) is 14.6. The van der Waals surface area contributed by atoms with Crippen LogP contribution in [0, 0.1) is 0 Å². The van der Waals surface area contributed by atoms with Gasteiger partial charge in [0.15, 0.2) is 0 Å². The highest BCUT2D eigenvalue weighted by Crippen LogP contribution is 2.26. The molecule has 2 aromatic rings. The smallest absolute Gasteiger partial charge is 0.263 e. The van der Waals surface area contributed by atoms with E-state index in [-0.39, 0.29) is 22.7 Å². The van der Waals surface area contributed by atoms with Crippen LogP contribution in [0.15, 0.2) is 58.4 Å². The molecule has 1 aliphatic heterocycles. The van der Waals surface area contributed by atoms with Crippen molar-refractivity contribution in [3.8, 4) is 0 Å². The van der Waals surface area contributed by atoms with Crippen molar-refractivity contribution in [2.75, 3.05) is 6.54 Å². The molecule has 158 valence electrons. The summed E-state index contributed by atoms with van der Waals surface area (Å²) in [7, 11) is -3.62. The van der Waals surface area contributed by atoms with Gasteiger partial charge in [0, 0.05) is 18.2 Å². The first kappa shape index (κ1) is 20.6. The molecular weight excluding hydrogens is 398 g/mol. The summed E-state index contributed by atoms with van der Waals surface area (Å²) in [5, 5.41) is 0. The minimum Gasteiger partial charge on any atom is -0.338 e. The van der Waals surface area contributed by atoms with Gasteiger partial charge in [-0.2, -0.15) is 0 Å². The lowest BCUT2D eigenvalue weighted by atomic mass is 9.87. The Morgan fingerprint density at radius 1 is 1.17 bits per heavy atom. The largest absolute Gasteiger partial charge is 0.338 e. The van der Waals surface area contributed by atoms with Gasteiger partial charge in [-0.25, -0.2) is 8.42 Å². The first-order valence-electron chi connectivity index (χ1n) is 10.5. The lowest BCUT2D eigenvalue weighted by molar-refractivity contribution is -0.134. The zero-order chi connectivity index (χ0) is 21.3. The molecular formula is C23H27N3O3S. The molecule has 0 aromatic heterocycles. The molecule has 1 unspecified atom stereocenters. The maximum Gasteiger partial charge on any atom is 0.263 e. The lowest BCUT2D eigenvalue weighted by Crippen LogP contribution is -2.47. The third-order valence-electron chi connectivity index (χ3n) is 5.85. The van der Waals surface area contributed by atoms with Crippen LogP contribution in [0.3, 0.4) is 0 Å². The molecule has 2 atom stereocenters. The van der Waals surface area contributed by atoms with Crippen molar-refractivity contribution in [2.24, 2.45) is 4.99 Å². The van der Waals surface area contributed by atoms with Gasteiger partial charge in [-0.05, 0) is 55.9 Å². The fourth-order valence-corrected chi connectivity index (χ4v) is 5.62. The predicted molar refractivity (Wildman–Crippen MR) is 117 cm³/mol. The quantitative estimate of drug-likeness (QED) is 0.800. The Morgan fingerprint density at radius 3 is 2.63 bits per heavy atom. The number of rotatable bonds is 5. The molecule has 1 aliphatic carbocycles. The molecule has 0 saturated carbocycles.